The van der Waals surface area contributed by atoms with Gasteiger partial charge in [-0.05, 0) is 49.2 Å². The Labute approximate surface area is 221 Å². The Bertz CT molecular complexity index is 1300. The summed E-state index contributed by atoms with van der Waals surface area (Å²) in [5.41, 5.74) is 0.324. The lowest BCUT2D eigenvalue weighted by Gasteiger charge is -2.41. The second kappa shape index (κ2) is 11.6. The molecule has 0 unspecified atom stereocenters. The zero-order valence-corrected chi connectivity index (χ0v) is 21.8. The molecule has 2 atom stereocenters. The molecule has 0 aromatic heterocycles. The highest BCUT2D eigenvalue weighted by Gasteiger charge is 2.39. The van der Waals surface area contributed by atoms with Crippen molar-refractivity contribution in [2.24, 2.45) is 0 Å². The normalized spacial score (nSPS) is 19.9. The molecule has 0 aliphatic carbocycles. The van der Waals surface area contributed by atoms with Crippen LogP contribution >= 0.6 is 0 Å². The van der Waals surface area contributed by atoms with E-state index in [0.717, 1.165) is 0 Å². The maximum Gasteiger partial charge on any atom is 0.254 e. The van der Waals surface area contributed by atoms with E-state index in [1.54, 1.807) is 42.5 Å². The molecule has 0 radical (unpaired) electrons. The van der Waals surface area contributed by atoms with Gasteiger partial charge in [-0.2, -0.15) is 0 Å². The third-order valence-corrected chi connectivity index (χ3v) is 8.27. The lowest BCUT2D eigenvalue weighted by molar-refractivity contribution is -0.137. The maximum atomic E-state index is 13.4. The lowest BCUT2D eigenvalue weighted by Crippen LogP contribution is -2.64. The number of hydrogen-bond acceptors (Lipinski definition) is 7. The second-order valence-electron chi connectivity index (χ2n) is 9.15. The van der Waals surface area contributed by atoms with Gasteiger partial charge in [-0.15, -0.1) is 0 Å². The first-order chi connectivity index (χ1) is 18.2. The van der Waals surface area contributed by atoms with Gasteiger partial charge in [0, 0.05) is 25.2 Å². The van der Waals surface area contributed by atoms with Crippen molar-refractivity contribution in [1.82, 2.24) is 20.4 Å². The number of rotatable bonds is 7. The number of carbonyl (C=O) groups excluding carboxylic acids is 4. The Morgan fingerprint density at radius 1 is 1.05 bits per heavy atom. The van der Waals surface area contributed by atoms with Gasteiger partial charge >= 0.3 is 0 Å². The summed E-state index contributed by atoms with van der Waals surface area (Å²) in [6.07, 6.45) is 1.15. The van der Waals surface area contributed by atoms with Crippen LogP contribution in [0.5, 0.6) is 5.75 Å². The van der Waals surface area contributed by atoms with Crippen molar-refractivity contribution in [2.75, 3.05) is 39.0 Å². The van der Waals surface area contributed by atoms with Crippen molar-refractivity contribution in [3.63, 3.8) is 0 Å². The van der Waals surface area contributed by atoms with Crippen molar-refractivity contribution in [1.29, 1.82) is 0 Å². The van der Waals surface area contributed by atoms with Crippen LogP contribution in [0, 0.1) is 0 Å². The standard InChI is InChI=1S/C26H30N4O7S/c1-37-19-11-9-18(10-12-19)26(34)30-15-14-29(23(31)17-38(35,36)20-6-3-2-4-7-20)16-22(30)25(33)28-21-8-5-13-27-24(21)32/h2-4,6-7,9-12,21-22H,5,8,13-17H2,1H3,(H,27,32)(H,28,33)/t21-,22+/m0/s1. The van der Waals surface area contributed by atoms with Gasteiger partial charge in [0.1, 0.15) is 23.6 Å². The van der Waals surface area contributed by atoms with Crippen molar-refractivity contribution in [3.8, 4) is 5.75 Å². The van der Waals surface area contributed by atoms with Crippen LogP contribution in [-0.2, 0) is 24.2 Å². The number of benzene rings is 2. The molecule has 4 amide bonds. The number of sulfone groups is 1. The number of hydrogen-bond donors (Lipinski definition) is 2. The Balaban J connectivity index is 1.54. The molecule has 4 rings (SSSR count). The van der Waals surface area contributed by atoms with Crippen LogP contribution in [0.25, 0.3) is 0 Å². The monoisotopic (exact) mass is 542 g/mol. The topological polar surface area (TPSA) is 142 Å². The van der Waals surface area contributed by atoms with Crippen molar-refractivity contribution < 1.29 is 32.3 Å². The van der Waals surface area contributed by atoms with Gasteiger partial charge in [-0.3, -0.25) is 19.2 Å². The van der Waals surface area contributed by atoms with Crippen molar-refractivity contribution in [3.05, 3.63) is 60.2 Å². The summed E-state index contributed by atoms with van der Waals surface area (Å²) in [7, 11) is -2.39. The molecule has 11 nitrogen and oxygen atoms in total. The van der Waals surface area contributed by atoms with Crippen LogP contribution in [-0.4, -0.2) is 93.0 Å². The van der Waals surface area contributed by atoms with E-state index in [2.05, 4.69) is 10.6 Å². The summed E-state index contributed by atoms with van der Waals surface area (Å²) in [4.78, 5) is 54.7. The van der Waals surface area contributed by atoms with Crippen LogP contribution in [0.3, 0.4) is 0 Å². The van der Waals surface area contributed by atoms with Crippen LogP contribution < -0.4 is 15.4 Å². The highest BCUT2D eigenvalue weighted by molar-refractivity contribution is 7.92. The van der Waals surface area contributed by atoms with E-state index < -0.39 is 45.4 Å². The molecule has 38 heavy (non-hydrogen) atoms. The van der Waals surface area contributed by atoms with E-state index in [0.29, 0.717) is 30.7 Å². The maximum absolute atomic E-state index is 13.4. The number of methoxy groups -OCH3 is 1. The van der Waals surface area contributed by atoms with E-state index in [9.17, 15) is 27.6 Å². The number of ether oxygens (including phenoxy) is 1. The molecule has 2 saturated heterocycles. The third-order valence-electron chi connectivity index (χ3n) is 6.65. The SMILES string of the molecule is COc1ccc(C(=O)N2CCN(C(=O)CS(=O)(=O)c3ccccc3)C[C@@H]2C(=O)N[C@H]2CCCNC2=O)cc1. The van der Waals surface area contributed by atoms with E-state index in [1.807, 2.05) is 0 Å². The summed E-state index contributed by atoms with van der Waals surface area (Å²) in [5.74, 6) is -2.19. The van der Waals surface area contributed by atoms with E-state index in [4.69, 9.17) is 4.74 Å². The summed E-state index contributed by atoms with van der Waals surface area (Å²) in [6.45, 7) is 0.385. The Kier molecular flexibility index (Phi) is 8.30. The molecular weight excluding hydrogens is 512 g/mol. The van der Waals surface area contributed by atoms with Gasteiger partial charge in [-0.1, -0.05) is 18.2 Å². The van der Waals surface area contributed by atoms with Crippen LogP contribution in [0.1, 0.15) is 23.2 Å². The molecule has 2 aliphatic rings. The minimum absolute atomic E-state index is 0.0109. The fraction of sp³-hybridized carbons (Fsp3) is 0.385. The zero-order valence-electron chi connectivity index (χ0n) is 21.0. The zero-order chi connectivity index (χ0) is 27.3. The highest BCUT2D eigenvalue weighted by Crippen LogP contribution is 2.19. The van der Waals surface area contributed by atoms with Gasteiger partial charge in [0.2, 0.25) is 17.7 Å². The summed E-state index contributed by atoms with van der Waals surface area (Å²) >= 11 is 0. The number of nitrogens with zero attached hydrogens (tertiary/aromatic N) is 2. The molecule has 2 heterocycles. The fourth-order valence-electron chi connectivity index (χ4n) is 4.52. The largest absolute Gasteiger partial charge is 0.497 e. The molecule has 2 fully saturated rings. The average Bonchev–Trinajstić information content (AvgIpc) is 2.94. The number of piperazine rings is 1. The molecule has 2 aliphatic heterocycles. The van der Waals surface area contributed by atoms with Gasteiger partial charge in [0.15, 0.2) is 9.84 Å². The molecule has 12 heteroatoms. The van der Waals surface area contributed by atoms with Gasteiger partial charge in [0.05, 0.1) is 18.6 Å². The third kappa shape index (κ3) is 6.13. The summed E-state index contributed by atoms with van der Waals surface area (Å²) in [5, 5.41) is 5.41. The highest BCUT2D eigenvalue weighted by atomic mass is 32.2. The number of piperidine rings is 1. The number of carbonyl (C=O) groups is 4. The summed E-state index contributed by atoms with van der Waals surface area (Å²) in [6, 6.07) is 12.2. The Morgan fingerprint density at radius 3 is 2.42 bits per heavy atom. The van der Waals surface area contributed by atoms with Crippen LogP contribution in [0.4, 0.5) is 0 Å². The molecule has 0 spiro atoms. The molecule has 202 valence electrons. The van der Waals surface area contributed by atoms with E-state index >= 15 is 0 Å². The Morgan fingerprint density at radius 2 is 1.76 bits per heavy atom. The summed E-state index contributed by atoms with van der Waals surface area (Å²) < 4.78 is 30.7. The molecular formula is C26H30N4O7S. The molecule has 2 aromatic rings. The lowest BCUT2D eigenvalue weighted by atomic mass is 10.0. The average molecular weight is 543 g/mol. The molecule has 2 aromatic carbocycles. The molecule has 2 N–H and O–H groups in total. The quantitative estimate of drug-likeness (QED) is 0.510. The van der Waals surface area contributed by atoms with E-state index in [-0.39, 0.29) is 30.4 Å². The van der Waals surface area contributed by atoms with Gasteiger partial charge in [-0.25, -0.2) is 8.42 Å². The van der Waals surface area contributed by atoms with Crippen LogP contribution in [0.2, 0.25) is 0 Å². The minimum Gasteiger partial charge on any atom is -0.497 e. The predicted octanol–water partition coefficient (Wildman–Crippen LogP) is 0.217. The van der Waals surface area contributed by atoms with Gasteiger partial charge < -0.3 is 25.2 Å². The first-order valence-corrected chi connectivity index (χ1v) is 13.9. The van der Waals surface area contributed by atoms with Crippen LogP contribution in [0.15, 0.2) is 59.5 Å². The van der Waals surface area contributed by atoms with Crippen molar-refractivity contribution in [2.45, 2.75) is 29.8 Å². The fourth-order valence-corrected chi connectivity index (χ4v) is 5.77. The second-order valence-corrected chi connectivity index (χ2v) is 11.1. The van der Waals surface area contributed by atoms with E-state index in [1.165, 1.54) is 29.0 Å². The number of nitrogens with one attached hydrogen (secondary N) is 2. The smallest absolute Gasteiger partial charge is 0.254 e. The number of amides is 4. The minimum atomic E-state index is -3.89. The first-order valence-electron chi connectivity index (χ1n) is 12.3. The predicted molar refractivity (Wildman–Crippen MR) is 137 cm³/mol. The van der Waals surface area contributed by atoms with Crippen molar-refractivity contribution >= 4 is 33.5 Å². The Hall–Kier alpha value is -3.93. The first kappa shape index (κ1) is 27.1. The molecule has 0 saturated carbocycles. The van der Waals surface area contributed by atoms with Gasteiger partial charge in [0.25, 0.3) is 5.91 Å². The molecule has 0 bridgehead atoms.